The lowest BCUT2D eigenvalue weighted by Crippen LogP contribution is -2.08. The maximum atomic E-state index is 11.8. The van der Waals surface area contributed by atoms with Gasteiger partial charge in [0.25, 0.3) is 0 Å². The van der Waals surface area contributed by atoms with E-state index < -0.39 is 0 Å². The number of carbonyl (C=O) groups excluding carboxylic acids is 1. The Labute approximate surface area is 125 Å². The SMILES string of the molecule is COC(=O)CC1C(c2ccccc2)=C(C)c2ccccc21. The zero-order valence-corrected chi connectivity index (χ0v) is 12.3. The molecule has 3 rings (SSSR count). The molecule has 0 heterocycles. The van der Waals surface area contributed by atoms with Gasteiger partial charge in [-0.2, -0.15) is 0 Å². The standard InChI is InChI=1S/C19H18O2/c1-13-15-10-6-7-11-16(15)17(12-18(20)21-2)19(13)14-8-4-3-5-9-14/h3-11,17H,12H2,1-2H3. The molecule has 1 atom stereocenters. The number of rotatable bonds is 3. The van der Waals surface area contributed by atoms with Gasteiger partial charge in [0.05, 0.1) is 13.5 Å². The number of hydrogen-bond donors (Lipinski definition) is 0. The third-order valence-electron chi connectivity index (χ3n) is 4.18. The average Bonchev–Trinajstić information content (AvgIpc) is 2.81. The van der Waals surface area contributed by atoms with Gasteiger partial charge in [-0.3, -0.25) is 4.79 Å². The van der Waals surface area contributed by atoms with Crippen molar-refractivity contribution in [1.29, 1.82) is 0 Å². The molecule has 0 bridgehead atoms. The summed E-state index contributed by atoms with van der Waals surface area (Å²) in [4.78, 5) is 11.8. The summed E-state index contributed by atoms with van der Waals surface area (Å²) in [7, 11) is 1.45. The first-order valence-corrected chi connectivity index (χ1v) is 7.14. The summed E-state index contributed by atoms with van der Waals surface area (Å²) in [5, 5.41) is 0. The number of allylic oxidation sites excluding steroid dienone is 2. The first-order valence-electron chi connectivity index (χ1n) is 7.14. The van der Waals surface area contributed by atoms with E-state index in [1.807, 2.05) is 30.3 Å². The number of fused-ring (bicyclic) bond motifs is 1. The molecular weight excluding hydrogens is 260 g/mol. The average molecular weight is 278 g/mol. The zero-order valence-electron chi connectivity index (χ0n) is 12.3. The molecule has 0 saturated heterocycles. The van der Waals surface area contributed by atoms with Crippen molar-refractivity contribution >= 4 is 17.1 Å². The van der Waals surface area contributed by atoms with Gasteiger partial charge in [-0.25, -0.2) is 0 Å². The number of methoxy groups -OCH3 is 1. The van der Waals surface area contributed by atoms with Gasteiger partial charge in [0.15, 0.2) is 0 Å². The van der Waals surface area contributed by atoms with Crippen LogP contribution < -0.4 is 0 Å². The van der Waals surface area contributed by atoms with Crippen LogP contribution in [0.2, 0.25) is 0 Å². The Kier molecular flexibility index (Phi) is 3.61. The van der Waals surface area contributed by atoms with Crippen molar-refractivity contribution in [2.45, 2.75) is 19.3 Å². The molecule has 0 amide bonds. The van der Waals surface area contributed by atoms with Gasteiger partial charge >= 0.3 is 5.97 Å². The molecule has 21 heavy (non-hydrogen) atoms. The van der Waals surface area contributed by atoms with Crippen molar-refractivity contribution in [1.82, 2.24) is 0 Å². The smallest absolute Gasteiger partial charge is 0.306 e. The van der Waals surface area contributed by atoms with E-state index in [1.54, 1.807) is 0 Å². The van der Waals surface area contributed by atoms with Crippen molar-refractivity contribution < 1.29 is 9.53 Å². The first kappa shape index (κ1) is 13.6. The summed E-state index contributed by atoms with van der Waals surface area (Å²) >= 11 is 0. The largest absolute Gasteiger partial charge is 0.469 e. The van der Waals surface area contributed by atoms with Crippen molar-refractivity contribution in [2.75, 3.05) is 7.11 Å². The Bertz CT molecular complexity index is 699. The molecule has 2 aromatic carbocycles. The maximum absolute atomic E-state index is 11.8. The molecule has 0 N–H and O–H groups in total. The minimum atomic E-state index is -0.169. The van der Waals surface area contributed by atoms with E-state index in [9.17, 15) is 4.79 Å². The number of benzene rings is 2. The molecule has 1 unspecified atom stereocenters. The summed E-state index contributed by atoms with van der Waals surface area (Å²) < 4.78 is 4.89. The van der Waals surface area contributed by atoms with Crippen molar-refractivity contribution in [3.8, 4) is 0 Å². The van der Waals surface area contributed by atoms with Crippen molar-refractivity contribution in [2.24, 2.45) is 0 Å². The van der Waals surface area contributed by atoms with E-state index in [1.165, 1.54) is 34.9 Å². The molecule has 2 aromatic rings. The van der Waals surface area contributed by atoms with Crippen molar-refractivity contribution in [3.05, 3.63) is 71.3 Å². The van der Waals surface area contributed by atoms with Crippen LogP contribution in [0, 0.1) is 0 Å². The van der Waals surface area contributed by atoms with Crippen LogP contribution in [0.5, 0.6) is 0 Å². The summed E-state index contributed by atoms with van der Waals surface area (Å²) in [5.41, 5.74) is 6.14. The second kappa shape index (κ2) is 5.57. The van der Waals surface area contributed by atoms with Crippen LogP contribution in [-0.4, -0.2) is 13.1 Å². The fourth-order valence-electron chi connectivity index (χ4n) is 3.20. The minimum Gasteiger partial charge on any atom is -0.469 e. The van der Waals surface area contributed by atoms with Crippen LogP contribution in [0.4, 0.5) is 0 Å². The molecule has 0 spiro atoms. The van der Waals surface area contributed by atoms with Crippen LogP contribution in [0.3, 0.4) is 0 Å². The normalized spacial score (nSPS) is 16.8. The Morgan fingerprint density at radius 1 is 1.05 bits per heavy atom. The van der Waals surface area contributed by atoms with Gasteiger partial charge in [-0.05, 0) is 34.8 Å². The molecule has 0 aromatic heterocycles. The molecule has 0 aliphatic heterocycles. The molecule has 2 heteroatoms. The van der Waals surface area contributed by atoms with Gasteiger partial charge < -0.3 is 4.74 Å². The lowest BCUT2D eigenvalue weighted by Gasteiger charge is -2.16. The zero-order chi connectivity index (χ0) is 14.8. The highest BCUT2D eigenvalue weighted by Crippen LogP contribution is 2.48. The second-order valence-corrected chi connectivity index (χ2v) is 5.32. The van der Waals surface area contributed by atoms with E-state index in [2.05, 4.69) is 31.2 Å². The lowest BCUT2D eigenvalue weighted by atomic mass is 9.88. The predicted molar refractivity (Wildman–Crippen MR) is 84.7 cm³/mol. The topological polar surface area (TPSA) is 26.3 Å². The molecule has 1 aliphatic carbocycles. The summed E-state index contributed by atoms with van der Waals surface area (Å²) in [6.45, 7) is 2.14. The highest BCUT2D eigenvalue weighted by atomic mass is 16.5. The summed E-state index contributed by atoms with van der Waals surface area (Å²) in [6, 6.07) is 18.6. The fraction of sp³-hybridized carbons (Fsp3) is 0.211. The van der Waals surface area contributed by atoms with Gasteiger partial charge in [0, 0.05) is 5.92 Å². The van der Waals surface area contributed by atoms with Gasteiger partial charge in [-0.1, -0.05) is 54.6 Å². The molecule has 0 radical (unpaired) electrons. The quantitative estimate of drug-likeness (QED) is 0.783. The Balaban J connectivity index is 2.12. The van der Waals surface area contributed by atoms with Crippen LogP contribution in [0.25, 0.3) is 11.1 Å². The molecule has 1 aliphatic rings. The molecular formula is C19H18O2. The highest BCUT2D eigenvalue weighted by molar-refractivity contribution is 6.00. The Morgan fingerprint density at radius 3 is 2.43 bits per heavy atom. The van der Waals surface area contributed by atoms with E-state index in [0.717, 1.165) is 0 Å². The van der Waals surface area contributed by atoms with Gasteiger partial charge in [-0.15, -0.1) is 0 Å². The predicted octanol–water partition coefficient (Wildman–Crippen LogP) is 4.28. The third kappa shape index (κ3) is 2.38. The Morgan fingerprint density at radius 2 is 1.71 bits per heavy atom. The minimum absolute atomic E-state index is 0.0797. The second-order valence-electron chi connectivity index (χ2n) is 5.32. The van der Waals surface area contributed by atoms with Crippen LogP contribution in [0.1, 0.15) is 36.0 Å². The van der Waals surface area contributed by atoms with Crippen molar-refractivity contribution in [3.63, 3.8) is 0 Å². The number of ether oxygens (including phenoxy) is 1. The number of esters is 1. The third-order valence-corrected chi connectivity index (χ3v) is 4.18. The molecule has 0 saturated carbocycles. The lowest BCUT2D eigenvalue weighted by molar-refractivity contribution is -0.140. The molecule has 106 valence electrons. The maximum Gasteiger partial charge on any atom is 0.306 e. The molecule has 0 fully saturated rings. The first-order chi connectivity index (χ1) is 10.2. The number of hydrogen-bond acceptors (Lipinski definition) is 2. The summed E-state index contributed by atoms with van der Waals surface area (Å²) in [5.74, 6) is -0.0889. The highest BCUT2D eigenvalue weighted by Gasteiger charge is 2.31. The van der Waals surface area contributed by atoms with E-state index in [4.69, 9.17) is 4.74 Å². The van der Waals surface area contributed by atoms with E-state index in [0.29, 0.717) is 6.42 Å². The summed E-state index contributed by atoms with van der Waals surface area (Å²) in [6.07, 6.45) is 0.384. The monoisotopic (exact) mass is 278 g/mol. The van der Waals surface area contributed by atoms with Crippen LogP contribution in [0.15, 0.2) is 54.6 Å². The van der Waals surface area contributed by atoms with E-state index >= 15 is 0 Å². The van der Waals surface area contributed by atoms with Crippen LogP contribution in [-0.2, 0) is 9.53 Å². The van der Waals surface area contributed by atoms with Gasteiger partial charge in [0.1, 0.15) is 0 Å². The molecule has 2 nitrogen and oxygen atoms in total. The number of carbonyl (C=O) groups is 1. The Hall–Kier alpha value is -2.35. The van der Waals surface area contributed by atoms with Gasteiger partial charge in [0.2, 0.25) is 0 Å². The van der Waals surface area contributed by atoms with Crippen LogP contribution >= 0.6 is 0 Å². The van der Waals surface area contributed by atoms with E-state index in [-0.39, 0.29) is 11.9 Å². The fourth-order valence-corrected chi connectivity index (χ4v) is 3.20.